The Kier molecular flexibility index (Phi) is 8.02. The Morgan fingerprint density at radius 2 is 2.11 bits per heavy atom. The number of piperidine rings is 1. The number of likely N-dealkylation sites (tertiary alicyclic amines) is 1. The van der Waals surface area contributed by atoms with Gasteiger partial charge in [-0.15, -0.1) is 0 Å². The molecule has 0 unspecified atom stereocenters. The number of carbonyl (C=O) groups excluding carboxylic acids is 1. The van der Waals surface area contributed by atoms with E-state index in [1.165, 1.54) is 12.8 Å². The van der Waals surface area contributed by atoms with Crippen LogP contribution in [0, 0.1) is 5.92 Å². The molecule has 5 nitrogen and oxygen atoms in total. The van der Waals surface area contributed by atoms with Gasteiger partial charge in [-0.1, -0.05) is 0 Å². The molecule has 0 spiro atoms. The topological polar surface area (TPSA) is 58.8 Å². The first kappa shape index (κ1) is 16.4. The molecule has 0 atom stereocenters. The average Bonchev–Trinajstić information content (AvgIpc) is 2.44. The standard InChI is InChI=1S/C14H29N3O2/c1-16(8-3-7-15)14(18)6-11-17-9-4-13(5-10-17)12-19-2/h13H,3-12,15H2,1-2H3. The van der Waals surface area contributed by atoms with Gasteiger partial charge in [-0.3, -0.25) is 4.79 Å². The second kappa shape index (κ2) is 9.28. The number of hydrogen-bond acceptors (Lipinski definition) is 4. The van der Waals surface area contributed by atoms with E-state index in [-0.39, 0.29) is 5.91 Å². The molecular formula is C14H29N3O2. The van der Waals surface area contributed by atoms with Gasteiger partial charge in [0.15, 0.2) is 0 Å². The lowest BCUT2D eigenvalue weighted by molar-refractivity contribution is -0.130. The number of carbonyl (C=O) groups is 1. The van der Waals surface area contributed by atoms with Gasteiger partial charge in [0, 0.05) is 40.3 Å². The van der Waals surface area contributed by atoms with E-state index in [0.29, 0.717) is 18.9 Å². The summed E-state index contributed by atoms with van der Waals surface area (Å²) in [7, 11) is 3.63. The molecule has 1 aliphatic heterocycles. The Hall–Kier alpha value is -0.650. The Bertz CT molecular complexity index is 253. The monoisotopic (exact) mass is 271 g/mol. The third-order valence-corrected chi connectivity index (χ3v) is 3.87. The van der Waals surface area contributed by atoms with E-state index in [1.807, 2.05) is 7.05 Å². The molecular weight excluding hydrogens is 242 g/mol. The minimum atomic E-state index is 0.229. The molecule has 0 aromatic rings. The second-order valence-corrected chi connectivity index (χ2v) is 5.45. The molecule has 0 radical (unpaired) electrons. The molecule has 0 bridgehead atoms. The fourth-order valence-electron chi connectivity index (χ4n) is 2.51. The third kappa shape index (κ3) is 6.36. The van der Waals surface area contributed by atoms with Gasteiger partial charge in [-0.2, -0.15) is 0 Å². The smallest absolute Gasteiger partial charge is 0.223 e. The summed E-state index contributed by atoms with van der Waals surface area (Å²) in [5, 5.41) is 0. The Morgan fingerprint density at radius 1 is 1.42 bits per heavy atom. The van der Waals surface area contributed by atoms with Gasteiger partial charge in [-0.25, -0.2) is 0 Å². The minimum Gasteiger partial charge on any atom is -0.384 e. The van der Waals surface area contributed by atoms with Gasteiger partial charge in [-0.05, 0) is 44.8 Å². The van der Waals surface area contributed by atoms with Crippen molar-refractivity contribution in [3.63, 3.8) is 0 Å². The van der Waals surface area contributed by atoms with Crippen LogP contribution in [0.5, 0.6) is 0 Å². The highest BCUT2D eigenvalue weighted by atomic mass is 16.5. The lowest BCUT2D eigenvalue weighted by atomic mass is 9.98. The van der Waals surface area contributed by atoms with Crippen molar-refractivity contribution in [2.45, 2.75) is 25.7 Å². The summed E-state index contributed by atoms with van der Waals surface area (Å²) < 4.78 is 5.19. The molecule has 0 aromatic heterocycles. The molecule has 0 aromatic carbocycles. The zero-order valence-corrected chi connectivity index (χ0v) is 12.4. The number of nitrogens with zero attached hydrogens (tertiary/aromatic N) is 2. The highest BCUT2D eigenvalue weighted by molar-refractivity contribution is 5.76. The van der Waals surface area contributed by atoms with Crippen molar-refractivity contribution in [2.75, 3.05) is 53.5 Å². The van der Waals surface area contributed by atoms with Crippen LogP contribution in [-0.2, 0) is 9.53 Å². The largest absolute Gasteiger partial charge is 0.384 e. The summed E-state index contributed by atoms with van der Waals surface area (Å²) in [6, 6.07) is 0. The maximum absolute atomic E-state index is 11.9. The molecule has 1 fully saturated rings. The molecule has 1 aliphatic rings. The van der Waals surface area contributed by atoms with E-state index in [9.17, 15) is 4.79 Å². The van der Waals surface area contributed by atoms with Gasteiger partial charge >= 0.3 is 0 Å². The first-order valence-electron chi connectivity index (χ1n) is 7.32. The number of hydrogen-bond donors (Lipinski definition) is 1. The zero-order valence-electron chi connectivity index (χ0n) is 12.4. The van der Waals surface area contributed by atoms with Gasteiger partial charge in [0.2, 0.25) is 5.91 Å². The van der Waals surface area contributed by atoms with Gasteiger partial charge in [0.25, 0.3) is 0 Å². The number of amides is 1. The second-order valence-electron chi connectivity index (χ2n) is 5.45. The fourth-order valence-corrected chi connectivity index (χ4v) is 2.51. The summed E-state index contributed by atoms with van der Waals surface area (Å²) >= 11 is 0. The number of nitrogens with two attached hydrogens (primary N) is 1. The van der Waals surface area contributed by atoms with Crippen LogP contribution in [0.2, 0.25) is 0 Å². The van der Waals surface area contributed by atoms with Crippen LogP contribution in [0.25, 0.3) is 0 Å². The Labute approximate surface area is 117 Å². The maximum atomic E-state index is 11.9. The summed E-state index contributed by atoms with van der Waals surface area (Å²) in [6.45, 7) is 5.34. The molecule has 1 heterocycles. The molecule has 2 N–H and O–H groups in total. The van der Waals surface area contributed by atoms with Crippen molar-refractivity contribution in [3.05, 3.63) is 0 Å². The molecule has 0 aliphatic carbocycles. The van der Waals surface area contributed by atoms with Crippen molar-refractivity contribution in [3.8, 4) is 0 Å². The van der Waals surface area contributed by atoms with Crippen LogP contribution in [0.3, 0.4) is 0 Å². The van der Waals surface area contributed by atoms with Crippen molar-refractivity contribution >= 4 is 5.91 Å². The Balaban J connectivity index is 2.14. The lowest BCUT2D eigenvalue weighted by Gasteiger charge is -2.31. The maximum Gasteiger partial charge on any atom is 0.223 e. The van der Waals surface area contributed by atoms with Crippen LogP contribution >= 0.6 is 0 Å². The van der Waals surface area contributed by atoms with Crippen LogP contribution in [0.4, 0.5) is 0 Å². The summed E-state index contributed by atoms with van der Waals surface area (Å²) in [6.07, 6.45) is 3.87. The molecule has 0 saturated carbocycles. The number of rotatable bonds is 8. The van der Waals surface area contributed by atoms with Crippen molar-refractivity contribution in [1.82, 2.24) is 9.80 Å². The predicted octanol–water partition coefficient (Wildman–Crippen LogP) is 0.542. The first-order valence-corrected chi connectivity index (χ1v) is 7.32. The fraction of sp³-hybridized carbons (Fsp3) is 0.929. The van der Waals surface area contributed by atoms with Gasteiger partial charge in [0.05, 0.1) is 0 Å². The summed E-state index contributed by atoms with van der Waals surface area (Å²) in [4.78, 5) is 16.1. The minimum absolute atomic E-state index is 0.229. The number of methoxy groups -OCH3 is 1. The number of ether oxygens (including phenoxy) is 1. The van der Waals surface area contributed by atoms with Crippen molar-refractivity contribution in [2.24, 2.45) is 11.7 Å². The molecule has 1 saturated heterocycles. The third-order valence-electron chi connectivity index (χ3n) is 3.87. The molecule has 1 amide bonds. The molecule has 1 rings (SSSR count). The van der Waals surface area contributed by atoms with E-state index in [0.717, 1.165) is 39.2 Å². The summed E-state index contributed by atoms with van der Waals surface area (Å²) in [5.74, 6) is 0.927. The van der Waals surface area contributed by atoms with Gasteiger partial charge in [0.1, 0.15) is 0 Å². The molecule has 19 heavy (non-hydrogen) atoms. The van der Waals surface area contributed by atoms with E-state index in [4.69, 9.17) is 10.5 Å². The average molecular weight is 271 g/mol. The zero-order chi connectivity index (χ0) is 14.1. The lowest BCUT2D eigenvalue weighted by Crippen LogP contribution is -2.38. The van der Waals surface area contributed by atoms with Crippen LogP contribution < -0.4 is 5.73 Å². The predicted molar refractivity (Wildman–Crippen MR) is 77.0 cm³/mol. The first-order chi connectivity index (χ1) is 9.17. The normalized spacial score (nSPS) is 17.6. The van der Waals surface area contributed by atoms with Crippen LogP contribution in [0.1, 0.15) is 25.7 Å². The highest BCUT2D eigenvalue weighted by Gasteiger charge is 2.19. The van der Waals surface area contributed by atoms with Gasteiger partial charge < -0.3 is 20.3 Å². The van der Waals surface area contributed by atoms with Crippen LogP contribution in [-0.4, -0.2) is 69.2 Å². The van der Waals surface area contributed by atoms with E-state index in [2.05, 4.69) is 4.90 Å². The molecule has 112 valence electrons. The van der Waals surface area contributed by atoms with Crippen LogP contribution in [0.15, 0.2) is 0 Å². The van der Waals surface area contributed by atoms with Crippen molar-refractivity contribution in [1.29, 1.82) is 0 Å². The summed E-state index contributed by atoms with van der Waals surface area (Å²) in [5.41, 5.74) is 5.45. The SMILES string of the molecule is COCC1CCN(CCC(=O)N(C)CCCN)CC1. The van der Waals surface area contributed by atoms with E-state index >= 15 is 0 Å². The van der Waals surface area contributed by atoms with Crippen molar-refractivity contribution < 1.29 is 9.53 Å². The quantitative estimate of drug-likeness (QED) is 0.700. The highest BCUT2D eigenvalue weighted by Crippen LogP contribution is 2.17. The van der Waals surface area contributed by atoms with E-state index < -0.39 is 0 Å². The Morgan fingerprint density at radius 3 is 2.68 bits per heavy atom. The van der Waals surface area contributed by atoms with E-state index in [1.54, 1.807) is 12.0 Å². The molecule has 5 heteroatoms.